The van der Waals surface area contributed by atoms with Crippen molar-refractivity contribution in [3.63, 3.8) is 0 Å². The average Bonchev–Trinajstić information content (AvgIpc) is 3.49. The largest absolute Gasteiger partial charge is 0.493 e. The summed E-state index contributed by atoms with van der Waals surface area (Å²) in [7, 11) is 3.25. The Balaban J connectivity index is 1.86. The molecule has 2 aromatic rings. The van der Waals surface area contributed by atoms with Gasteiger partial charge in [-0.05, 0) is 55.8 Å². The molecule has 0 aliphatic carbocycles. The minimum Gasteiger partial charge on any atom is -0.493 e. The van der Waals surface area contributed by atoms with Gasteiger partial charge in [-0.15, -0.1) is 11.3 Å². The van der Waals surface area contributed by atoms with Crippen LogP contribution in [-0.2, 0) is 22.6 Å². The minimum atomic E-state index is -0.0198. The minimum absolute atomic E-state index is 0.0140. The second-order valence-electron chi connectivity index (χ2n) is 11.2. The summed E-state index contributed by atoms with van der Waals surface area (Å²) in [6.45, 7) is 7.48. The first-order chi connectivity index (χ1) is 19.9. The second kappa shape index (κ2) is 20.4. The number of amides is 2. The zero-order valence-electron chi connectivity index (χ0n) is 26.3. The highest BCUT2D eigenvalue weighted by molar-refractivity contribution is 7.09. The van der Waals surface area contributed by atoms with Gasteiger partial charge in [0.15, 0.2) is 11.5 Å². The third kappa shape index (κ3) is 13.3. The number of unbranched alkanes of at least 4 members (excludes halogenated alkanes) is 10. The average molecular weight is 587 g/mol. The number of benzene rings is 1. The molecule has 41 heavy (non-hydrogen) atoms. The van der Waals surface area contributed by atoms with E-state index in [0.29, 0.717) is 37.4 Å². The fourth-order valence-corrected chi connectivity index (χ4v) is 5.79. The Hall–Kier alpha value is -2.54. The molecule has 0 N–H and O–H groups in total. The second-order valence-corrected chi connectivity index (χ2v) is 12.3. The summed E-state index contributed by atoms with van der Waals surface area (Å²) >= 11 is 1.65. The molecular formula is C34H54N2O4S. The van der Waals surface area contributed by atoms with Crippen molar-refractivity contribution < 1.29 is 19.1 Å². The van der Waals surface area contributed by atoms with Crippen LogP contribution in [0.2, 0.25) is 0 Å². The zero-order valence-corrected chi connectivity index (χ0v) is 27.1. The zero-order chi connectivity index (χ0) is 29.9. The lowest BCUT2D eigenvalue weighted by Gasteiger charge is -2.30. The van der Waals surface area contributed by atoms with E-state index in [1.54, 1.807) is 30.5 Å². The van der Waals surface area contributed by atoms with Crippen LogP contribution in [0.3, 0.4) is 0 Å². The molecule has 0 bridgehead atoms. The van der Waals surface area contributed by atoms with Crippen molar-refractivity contribution in [2.24, 2.45) is 0 Å². The SMILES string of the molecule is CCCCCCCCCCCCCC(=O)N(CC(=O)N(CCc1ccc(OC)c(OC)c1)Cc1cccs1)C(C)C. The molecule has 0 spiro atoms. The maximum atomic E-state index is 13.6. The number of ether oxygens (including phenoxy) is 2. The first kappa shape index (κ1) is 34.7. The van der Waals surface area contributed by atoms with Crippen molar-refractivity contribution in [3.05, 3.63) is 46.2 Å². The highest BCUT2D eigenvalue weighted by Gasteiger charge is 2.23. The van der Waals surface area contributed by atoms with E-state index in [4.69, 9.17) is 9.47 Å². The Labute approximate surface area is 253 Å². The van der Waals surface area contributed by atoms with E-state index in [9.17, 15) is 9.59 Å². The molecule has 6 nitrogen and oxygen atoms in total. The molecule has 0 atom stereocenters. The molecule has 0 aliphatic rings. The molecule has 0 aliphatic heterocycles. The third-order valence-corrected chi connectivity index (χ3v) is 8.50. The van der Waals surface area contributed by atoms with Crippen molar-refractivity contribution in [3.8, 4) is 11.5 Å². The maximum Gasteiger partial charge on any atom is 0.242 e. The smallest absolute Gasteiger partial charge is 0.242 e. The quantitative estimate of drug-likeness (QED) is 0.130. The summed E-state index contributed by atoms with van der Waals surface area (Å²) in [5.74, 6) is 1.44. The third-order valence-electron chi connectivity index (χ3n) is 7.64. The molecule has 7 heteroatoms. The van der Waals surface area contributed by atoms with Gasteiger partial charge in [-0.1, -0.05) is 83.3 Å². The summed E-state index contributed by atoms with van der Waals surface area (Å²) in [6, 6.07) is 9.91. The summed E-state index contributed by atoms with van der Waals surface area (Å²) < 4.78 is 10.8. The van der Waals surface area contributed by atoms with Gasteiger partial charge in [0.2, 0.25) is 11.8 Å². The highest BCUT2D eigenvalue weighted by Crippen LogP contribution is 2.28. The fourth-order valence-electron chi connectivity index (χ4n) is 5.07. The number of rotatable bonds is 22. The normalized spacial score (nSPS) is 11.1. The standard InChI is InChI=1S/C34H54N2O4S/c1-6-7-8-9-10-11-12-13-14-15-16-19-33(37)36(28(2)3)27-34(38)35(26-30-18-17-24-41-30)23-22-29-20-21-31(39-4)32(25-29)40-5/h17-18,20-21,24-25,28H,6-16,19,22-23,26-27H2,1-5H3. The van der Waals surface area contributed by atoms with Gasteiger partial charge in [0.1, 0.15) is 0 Å². The van der Waals surface area contributed by atoms with Crippen LogP contribution in [0.1, 0.15) is 108 Å². The van der Waals surface area contributed by atoms with Crippen molar-refractivity contribution >= 4 is 23.2 Å². The van der Waals surface area contributed by atoms with E-state index in [1.165, 1.54) is 57.8 Å². The van der Waals surface area contributed by atoms with E-state index in [0.717, 1.165) is 23.3 Å². The summed E-state index contributed by atoms with van der Waals surface area (Å²) in [5, 5.41) is 2.03. The van der Waals surface area contributed by atoms with E-state index in [1.807, 2.05) is 48.4 Å². The lowest BCUT2D eigenvalue weighted by Crippen LogP contribution is -2.46. The lowest BCUT2D eigenvalue weighted by molar-refractivity contribution is -0.142. The van der Waals surface area contributed by atoms with Crippen molar-refractivity contribution in [1.29, 1.82) is 0 Å². The molecule has 2 amide bonds. The lowest BCUT2D eigenvalue weighted by atomic mass is 10.0. The molecule has 1 heterocycles. The van der Waals surface area contributed by atoms with Crippen molar-refractivity contribution in [2.75, 3.05) is 27.3 Å². The summed E-state index contributed by atoms with van der Waals surface area (Å²) in [6.07, 6.45) is 15.0. The Morgan fingerprint density at radius 3 is 2.02 bits per heavy atom. The van der Waals surface area contributed by atoms with Crippen LogP contribution >= 0.6 is 11.3 Å². The van der Waals surface area contributed by atoms with Gasteiger partial charge < -0.3 is 19.3 Å². The number of carbonyl (C=O) groups excluding carboxylic acids is 2. The molecule has 1 aromatic carbocycles. The summed E-state index contributed by atoms with van der Waals surface area (Å²) in [4.78, 5) is 31.5. The monoisotopic (exact) mass is 586 g/mol. The van der Waals surface area contributed by atoms with E-state index >= 15 is 0 Å². The van der Waals surface area contributed by atoms with Gasteiger partial charge in [0.05, 0.1) is 27.3 Å². The van der Waals surface area contributed by atoms with Crippen molar-refractivity contribution in [1.82, 2.24) is 9.80 Å². The Morgan fingerprint density at radius 1 is 0.829 bits per heavy atom. The fraction of sp³-hybridized carbons (Fsp3) is 0.647. The van der Waals surface area contributed by atoms with Crippen molar-refractivity contribution in [2.45, 2.75) is 117 Å². The molecule has 0 unspecified atom stereocenters. The number of nitrogens with zero attached hydrogens (tertiary/aromatic N) is 2. The first-order valence-electron chi connectivity index (χ1n) is 15.7. The molecule has 0 saturated carbocycles. The number of thiophene rings is 1. The number of carbonyl (C=O) groups is 2. The van der Waals surface area contributed by atoms with Crippen LogP contribution in [0.25, 0.3) is 0 Å². The first-order valence-corrected chi connectivity index (χ1v) is 16.6. The Bertz CT molecular complexity index is 993. The molecule has 0 saturated heterocycles. The van der Waals surface area contributed by atoms with Gasteiger partial charge in [-0.3, -0.25) is 9.59 Å². The number of hydrogen-bond donors (Lipinski definition) is 0. The van der Waals surface area contributed by atoms with Crippen LogP contribution in [0.5, 0.6) is 11.5 Å². The van der Waals surface area contributed by atoms with Gasteiger partial charge >= 0.3 is 0 Å². The van der Waals surface area contributed by atoms with E-state index in [2.05, 4.69) is 13.0 Å². The molecule has 2 rings (SSSR count). The highest BCUT2D eigenvalue weighted by atomic mass is 32.1. The van der Waals surface area contributed by atoms with Gasteiger partial charge in [0, 0.05) is 23.9 Å². The number of hydrogen-bond acceptors (Lipinski definition) is 5. The summed E-state index contributed by atoms with van der Waals surface area (Å²) in [5.41, 5.74) is 1.07. The molecule has 230 valence electrons. The van der Waals surface area contributed by atoms with Crippen LogP contribution in [-0.4, -0.2) is 55.0 Å². The molecular weight excluding hydrogens is 532 g/mol. The van der Waals surface area contributed by atoms with Crippen LogP contribution < -0.4 is 9.47 Å². The van der Waals surface area contributed by atoms with Gasteiger partial charge in [-0.25, -0.2) is 0 Å². The Morgan fingerprint density at radius 2 is 1.46 bits per heavy atom. The van der Waals surface area contributed by atoms with Crippen LogP contribution in [0.15, 0.2) is 35.7 Å². The van der Waals surface area contributed by atoms with Gasteiger partial charge in [0.25, 0.3) is 0 Å². The van der Waals surface area contributed by atoms with Gasteiger partial charge in [-0.2, -0.15) is 0 Å². The van der Waals surface area contributed by atoms with Crippen LogP contribution in [0, 0.1) is 0 Å². The van der Waals surface area contributed by atoms with E-state index in [-0.39, 0.29) is 24.4 Å². The Kier molecular flexibility index (Phi) is 17.2. The maximum absolute atomic E-state index is 13.6. The topological polar surface area (TPSA) is 59.1 Å². The molecule has 1 aromatic heterocycles. The number of methoxy groups -OCH3 is 2. The molecule has 0 fully saturated rings. The molecule has 0 radical (unpaired) electrons. The van der Waals surface area contributed by atoms with E-state index < -0.39 is 0 Å². The predicted molar refractivity (Wildman–Crippen MR) is 171 cm³/mol. The predicted octanol–water partition coefficient (Wildman–Crippen LogP) is 8.27. The van der Waals surface area contributed by atoms with Crippen LogP contribution in [0.4, 0.5) is 0 Å².